The highest BCUT2D eigenvalue weighted by molar-refractivity contribution is 5.96. The van der Waals surface area contributed by atoms with Crippen molar-refractivity contribution < 1.29 is 14.0 Å². The first-order chi connectivity index (χ1) is 15.9. The molecule has 1 unspecified atom stereocenters. The molecule has 3 aromatic carbocycles. The lowest BCUT2D eigenvalue weighted by atomic mass is 10.0. The number of piperazine rings is 1. The lowest BCUT2D eigenvalue weighted by molar-refractivity contribution is -0.122. The largest absolute Gasteiger partial charge is 0.336 e. The van der Waals surface area contributed by atoms with Crippen LogP contribution in [0.3, 0.4) is 0 Å². The van der Waals surface area contributed by atoms with Gasteiger partial charge in [0.15, 0.2) is 0 Å². The van der Waals surface area contributed by atoms with Crippen LogP contribution < -0.4 is 5.32 Å². The maximum Gasteiger partial charge on any atom is 0.256 e. The first kappa shape index (κ1) is 22.7. The first-order valence-corrected chi connectivity index (χ1v) is 11.1. The Hall–Kier alpha value is -3.51. The first-order valence-electron chi connectivity index (χ1n) is 11.1. The second-order valence-corrected chi connectivity index (χ2v) is 8.43. The smallest absolute Gasteiger partial charge is 0.256 e. The number of hydrogen-bond acceptors (Lipinski definition) is 3. The summed E-state index contributed by atoms with van der Waals surface area (Å²) in [4.78, 5) is 30.0. The van der Waals surface area contributed by atoms with Crippen LogP contribution in [-0.4, -0.2) is 47.8 Å². The van der Waals surface area contributed by atoms with E-state index in [0.717, 1.165) is 22.4 Å². The minimum Gasteiger partial charge on any atom is -0.336 e. The van der Waals surface area contributed by atoms with Gasteiger partial charge in [-0.2, -0.15) is 0 Å². The molecule has 0 spiro atoms. The molecular formula is C27H28FN3O2. The summed E-state index contributed by atoms with van der Waals surface area (Å²) in [6.07, 6.45) is 0. The molecule has 170 valence electrons. The van der Waals surface area contributed by atoms with Gasteiger partial charge in [0.25, 0.3) is 5.91 Å². The number of nitrogens with zero attached hydrogens (tertiary/aromatic N) is 2. The van der Waals surface area contributed by atoms with E-state index in [9.17, 15) is 14.0 Å². The number of rotatable bonds is 5. The van der Waals surface area contributed by atoms with Crippen molar-refractivity contribution >= 4 is 17.5 Å². The third-order valence-electron chi connectivity index (χ3n) is 6.09. The van der Waals surface area contributed by atoms with Gasteiger partial charge in [0, 0.05) is 31.9 Å². The molecule has 1 N–H and O–H groups in total. The summed E-state index contributed by atoms with van der Waals surface area (Å²) in [6.45, 7) is 5.84. The predicted molar refractivity (Wildman–Crippen MR) is 128 cm³/mol. The fourth-order valence-electron chi connectivity index (χ4n) is 4.22. The van der Waals surface area contributed by atoms with E-state index < -0.39 is 11.9 Å². The van der Waals surface area contributed by atoms with Crippen molar-refractivity contribution in [2.24, 2.45) is 0 Å². The van der Waals surface area contributed by atoms with E-state index in [1.165, 1.54) is 12.1 Å². The summed E-state index contributed by atoms with van der Waals surface area (Å²) in [7, 11) is 0. The Kier molecular flexibility index (Phi) is 6.84. The number of aryl methyl sites for hydroxylation is 2. The van der Waals surface area contributed by atoms with Crippen LogP contribution in [0.5, 0.6) is 0 Å². The van der Waals surface area contributed by atoms with E-state index in [1.54, 1.807) is 17.0 Å². The van der Waals surface area contributed by atoms with Gasteiger partial charge >= 0.3 is 0 Å². The number of hydrogen-bond donors (Lipinski definition) is 1. The van der Waals surface area contributed by atoms with Crippen molar-refractivity contribution in [1.29, 1.82) is 0 Å². The Morgan fingerprint density at radius 3 is 2.24 bits per heavy atom. The molecular weight excluding hydrogens is 417 g/mol. The number of carbonyl (C=O) groups is 2. The fraction of sp³-hybridized carbons (Fsp3) is 0.259. The molecule has 2 amide bonds. The Morgan fingerprint density at radius 1 is 0.879 bits per heavy atom. The number of halogens is 1. The zero-order chi connectivity index (χ0) is 23.4. The molecule has 0 radical (unpaired) electrons. The van der Waals surface area contributed by atoms with Crippen LogP contribution in [0.1, 0.15) is 33.1 Å². The third kappa shape index (κ3) is 5.12. The van der Waals surface area contributed by atoms with Gasteiger partial charge in [-0.25, -0.2) is 4.39 Å². The monoisotopic (exact) mass is 445 g/mol. The number of amides is 2. The Balaban J connectivity index is 1.52. The van der Waals surface area contributed by atoms with Gasteiger partial charge in [0.05, 0.1) is 5.56 Å². The summed E-state index contributed by atoms with van der Waals surface area (Å²) in [6, 6.07) is 21.2. The molecule has 3 aromatic rings. The quantitative estimate of drug-likeness (QED) is 0.626. The second-order valence-electron chi connectivity index (χ2n) is 8.43. The van der Waals surface area contributed by atoms with Crippen molar-refractivity contribution in [2.75, 3.05) is 31.5 Å². The van der Waals surface area contributed by atoms with E-state index in [2.05, 4.69) is 10.2 Å². The van der Waals surface area contributed by atoms with Crippen LogP contribution in [0.4, 0.5) is 10.1 Å². The summed E-state index contributed by atoms with van der Waals surface area (Å²) in [5.74, 6) is -0.937. The van der Waals surface area contributed by atoms with Crippen LogP contribution in [0.2, 0.25) is 0 Å². The van der Waals surface area contributed by atoms with Gasteiger partial charge in [0.1, 0.15) is 11.9 Å². The number of carbonyl (C=O) groups excluding carboxylic acids is 2. The van der Waals surface area contributed by atoms with Crippen LogP contribution >= 0.6 is 0 Å². The fourth-order valence-corrected chi connectivity index (χ4v) is 4.22. The normalized spacial score (nSPS) is 15.2. The lowest BCUT2D eigenvalue weighted by Gasteiger charge is -2.39. The van der Waals surface area contributed by atoms with E-state index in [1.807, 2.05) is 62.4 Å². The van der Waals surface area contributed by atoms with Gasteiger partial charge in [-0.1, -0.05) is 54.6 Å². The highest BCUT2D eigenvalue weighted by Crippen LogP contribution is 2.26. The van der Waals surface area contributed by atoms with Crippen LogP contribution in [-0.2, 0) is 4.79 Å². The molecule has 5 nitrogen and oxygen atoms in total. The molecule has 1 heterocycles. The van der Waals surface area contributed by atoms with E-state index >= 15 is 0 Å². The van der Waals surface area contributed by atoms with Gasteiger partial charge in [0.2, 0.25) is 5.91 Å². The summed E-state index contributed by atoms with van der Waals surface area (Å²) >= 11 is 0. The maximum absolute atomic E-state index is 14.1. The third-order valence-corrected chi connectivity index (χ3v) is 6.09. The second kappa shape index (κ2) is 9.96. The molecule has 6 heteroatoms. The van der Waals surface area contributed by atoms with Crippen molar-refractivity contribution in [1.82, 2.24) is 9.80 Å². The molecule has 4 rings (SSSR count). The Bertz CT molecular complexity index is 1140. The van der Waals surface area contributed by atoms with Crippen LogP contribution in [0.25, 0.3) is 0 Å². The number of nitrogens with one attached hydrogen (secondary N) is 1. The average Bonchev–Trinajstić information content (AvgIpc) is 2.83. The molecule has 1 fully saturated rings. The van der Waals surface area contributed by atoms with E-state index in [4.69, 9.17) is 0 Å². The van der Waals surface area contributed by atoms with E-state index in [-0.39, 0.29) is 17.4 Å². The SMILES string of the molecule is Cc1ccc(C)c(NC(=O)C(c2ccccc2)N2CCN(C(=O)c3ccccc3F)CC2)c1. The van der Waals surface area contributed by atoms with Crippen molar-refractivity contribution in [3.63, 3.8) is 0 Å². The molecule has 1 saturated heterocycles. The van der Waals surface area contributed by atoms with E-state index in [0.29, 0.717) is 26.2 Å². The number of anilines is 1. The molecule has 1 aliphatic heterocycles. The standard InChI is InChI=1S/C27H28FN3O2/c1-19-12-13-20(2)24(18-19)29-26(32)25(21-8-4-3-5-9-21)30-14-16-31(17-15-30)27(33)22-10-6-7-11-23(22)28/h3-13,18,25H,14-17H2,1-2H3,(H,29,32). The van der Waals surface area contributed by atoms with Crippen molar-refractivity contribution in [3.8, 4) is 0 Å². The summed E-state index contributed by atoms with van der Waals surface area (Å²) in [5.41, 5.74) is 3.86. The zero-order valence-electron chi connectivity index (χ0n) is 18.9. The molecule has 1 aliphatic rings. The summed E-state index contributed by atoms with van der Waals surface area (Å²) < 4.78 is 14.1. The average molecular weight is 446 g/mol. The van der Waals surface area contributed by atoms with Gasteiger partial charge in [-0.05, 0) is 48.7 Å². The molecule has 1 atom stereocenters. The molecule has 0 aliphatic carbocycles. The molecule has 33 heavy (non-hydrogen) atoms. The maximum atomic E-state index is 14.1. The Morgan fingerprint density at radius 2 is 1.55 bits per heavy atom. The lowest BCUT2D eigenvalue weighted by Crippen LogP contribution is -2.51. The predicted octanol–water partition coefficient (Wildman–Crippen LogP) is 4.58. The van der Waals surface area contributed by atoms with Gasteiger partial charge in [-0.3, -0.25) is 14.5 Å². The van der Waals surface area contributed by atoms with Crippen molar-refractivity contribution in [3.05, 3.63) is 101 Å². The van der Waals surface area contributed by atoms with Crippen LogP contribution in [0, 0.1) is 19.7 Å². The molecule has 0 bridgehead atoms. The highest BCUT2D eigenvalue weighted by Gasteiger charge is 2.32. The molecule has 0 aromatic heterocycles. The minimum absolute atomic E-state index is 0.0817. The van der Waals surface area contributed by atoms with Gasteiger partial charge in [-0.15, -0.1) is 0 Å². The van der Waals surface area contributed by atoms with Gasteiger partial charge < -0.3 is 10.2 Å². The molecule has 0 saturated carbocycles. The summed E-state index contributed by atoms with van der Waals surface area (Å²) in [5, 5.41) is 3.10. The topological polar surface area (TPSA) is 52.7 Å². The minimum atomic E-state index is -0.514. The zero-order valence-corrected chi connectivity index (χ0v) is 18.9. The van der Waals surface area contributed by atoms with Crippen LogP contribution in [0.15, 0.2) is 72.8 Å². The van der Waals surface area contributed by atoms with Crippen molar-refractivity contribution in [2.45, 2.75) is 19.9 Å². The number of benzene rings is 3. The highest BCUT2D eigenvalue weighted by atomic mass is 19.1. The Labute approximate surface area is 193 Å².